The minimum Gasteiger partial charge on any atom is -0.508 e. The SMILES string of the molecule is CCO[C@H]1C[C@H](c2ccccc2O)Nc2c1c(COC)cn1c(C)c(C)nc21. The number of nitrogens with zero attached hydrogens (tertiary/aromatic N) is 2. The zero-order valence-corrected chi connectivity index (χ0v) is 16.8. The standard InChI is InChI=1S/C22H27N3O3/c1-5-28-19-10-17(16-8-6-7-9-18(16)26)24-21-20(19)15(12-27-4)11-25-14(3)13(2)23-22(21)25/h6-9,11,17,19,24,26H,5,10,12H2,1-4H3/t17-,19+/m1/s1. The number of rotatable bonds is 5. The van der Waals surface area contributed by atoms with Gasteiger partial charge in [-0.3, -0.25) is 0 Å². The number of para-hydroxylation sites is 1. The number of benzene rings is 1. The molecule has 1 aliphatic heterocycles. The van der Waals surface area contributed by atoms with Crippen molar-refractivity contribution in [2.45, 2.75) is 45.9 Å². The molecule has 0 spiro atoms. The molecular formula is C22H27N3O3. The van der Waals surface area contributed by atoms with Gasteiger partial charge in [0, 0.05) is 48.7 Å². The van der Waals surface area contributed by atoms with Crippen molar-refractivity contribution in [3.8, 4) is 5.75 Å². The van der Waals surface area contributed by atoms with Crippen molar-refractivity contribution in [3.05, 3.63) is 58.5 Å². The second-order valence-corrected chi connectivity index (χ2v) is 7.29. The Labute approximate surface area is 165 Å². The van der Waals surface area contributed by atoms with E-state index in [0.29, 0.717) is 19.0 Å². The molecule has 6 nitrogen and oxygen atoms in total. The Bertz CT molecular complexity index is 1010. The van der Waals surface area contributed by atoms with E-state index in [-0.39, 0.29) is 12.1 Å². The molecule has 0 saturated heterocycles. The molecule has 2 aromatic heterocycles. The van der Waals surface area contributed by atoms with Crippen LogP contribution in [-0.4, -0.2) is 28.2 Å². The summed E-state index contributed by atoms with van der Waals surface area (Å²) in [6.07, 6.45) is 2.74. The topological polar surface area (TPSA) is 68.0 Å². The average molecular weight is 381 g/mol. The lowest BCUT2D eigenvalue weighted by Crippen LogP contribution is -2.26. The molecule has 0 bridgehead atoms. The third-order valence-corrected chi connectivity index (χ3v) is 5.58. The van der Waals surface area contributed by atoms with Gasteiger partial charge < -0.3 is 24.3 Å². The highest BCUT2D eigenvalue weighted by molar-refractivity contribution is 5.76. The van der Waals surface area contributed by atoms with Crippen molar-refractivity contribution in [1.82, 2.24) is 9.38 Å². The molecule has 0 amide bonds. The molecule has 28 heavy (non-hydrogen) atoms. The molecule has 1 aromatic carbocycles. The van der Waals surface area contributed by atoms with E-state index in [2.05, 4.69) is 22.8 Å². The summed E-state index contributed by atoms with van der Waals surface area (Å²) in [6.45, 7) is 7.22. The Morgan fingerprint density at radius 2 is 2.07 bits per heavy atom. The number of hydrogen-bond acceptors (Lipinski definition) is 5. The minimum absolute atomic E-state index is 0.0656. The minimum atomic E-state index is -0.0988. The van der Waals surface area contributed by atoms with Crippen LogP contribution in [0.1, 0.15) is 53.6 Å². The number of imidazole rings is 1. The maximum Gasteiger partial charge on any atom is 0.161 e. The van der Waals surface area contributed by atoms with Crippen LogP contribution in [0.3, 0.4) is 0 Å². The molecule has 0 aliphatic carbocycles. The molecule has 2 atom stereocenters. The van der Waals surface area contributed by atoms with Crippen LogP contribution in [0.15, 0.2) is 30.5 Å². The first-order chi connectivity index (χ1) is 13.5. The van der Waals surface area contributed by atoms with E-state index in [1.807, 2.05) is 32.0 Å². The van der Waals surface area contributed by atoms with Crippen molar-refractivity contribution >= 4 is 11.3 Å². The lowest BCUT2D eigenvalue weighted by atomic mass is 9.89. The molecular weight excluding hydrogens is 354 g/mol. The van der Waals surface area contributed by atoms with E-state index >= 15 is 0 Å². The van der Waals surface area contributed by atoms with Gasteiger partial charge in [-0.25, -0.2) is 4.98 Å². The van der Waals surface area contributed by atoms with Gasteiger partial charge >= 0.3 is 0 Å². The van der Waals surface area contributed by atoms with E-state index in [1.165, 1.54) is 0 Å². The molecule has 2 N–H and O–H groups in total. The van der Waals surface area contributed by atoms with Crippen molar-refractivity contribution in [2.24, 2.45) is 0 Å². The Morgan fingerprint density at radius 1 is 1.29 bits per heavy atom. The number of aryl methyl sites for hydroxylation is 2. The van der Waals surface area contributed by atoms with E-state index in [1.54, 1.807) is 13.2 Å². The van der Waals surface area contributed by atoms with Crippen molar-refractivity contribution in [3.63, 3.8) is 0 Å². The van der Waals surface area contributed by atoms with Crippen molar-refractivity contribution in [2.75, 3.05) is 19.0 Å². The molecule has 4 rings (SSSR count). The molecule has 1 aliphatic rings. The molecule has 0 unspecified atom stereocenters. The lowest BCUT2D eigenvalue weighted by Gasteiger charge is -2.35. The molecule has 148 valence electrons. The number of ether oxygens (including phenoxy) is 2. The molecule has 0 saturated carbocycles. The number of methoxy groups -OCH3 is 1. The predicted molar refractivity (Wildman–Crippen MR) is 109 cm³/mol. The number of anilines is 1. The monoisotopic (exact) mass is 381 g/mol. The highest BCUT2D eigenvalue weighted by Gasteiger charge is 2.33. The van der Waals surface area contributed by atoms with Gasteiger partial charge in [0.1, 0.15) is 5.75 Å². The first kappa shape index (κ1) is 18.8. The predicted octanol–water partition coefficient (Wildman–Crippen LogP) is 4.44. The van der Waals surface area contributed by atoms with Crippen LogP contribution in [0.25, 0.3) is 5.65 Å². The van der Waals surface area contributed by atoms with Gasteiger partial charge in [-0.1, -0.05) is 18.2 Å². The number of fused-ring (bicyclic) bond motifs is 3. The largest absolute Gasteiger partial charge is 0.508 e. The first-order valence-electron chi connectivity index (χ1n) is 9.71. The summed E-state index contributed by atoms with van der Waals surface area (Å²) in [5.41, 5.74) is 7.01. The normalized spacial score (nSPS) is 18.9. The Hall–Kier alpha value is -2.57. The fourth-order valence-corrected chi connectivity index (χ4v) is 4.15. The fourth-order valence-electron chi connectivity index (χ4n) is 4.15. The number of phenols is 1. The Kier molecular flexibility index (Phi) is 5.00. The van der Waals surface area contributed by atoms with Gasteiger partial charge in [0.05, 0.1) is 30.1 Å². The quantitative estimate of drug-likeness (QED) is 0.684. The van der Waals surface area contributed by atoms with E-state index in [4.69, 9.17) is 14.5 Å². The van der Waals surface area contributed by atoms with E-state index in [0.717, 1.165) is 45.8 Å². The van der Waals surface area contributed by atoms with Gasteiger partial charge in [0.2, 0.25) is 0 Å². The van der Waals surface area contributed by atoms with Gasteiger partial charge in [0.15, 0.2) is 5.65 Å². The maximum absolute atomic E-state index is 10.4. The summed E-state index contributed by atoms with van der Waals surface area (Å²) >= 11 is 0. The molecule has 0 fully saturated rings. The van der Waals surface area contributed by atoms with Crippen LogP contribution in [0.5, 0.6) is 5.75 Å². The second kappa shape index (κ2) is 7.45. The number of aromatic hydroxyl groups is 1. The zero-order chi connectivity index (χ0) is 19.8. The maximum atomic E-state index is 10.4. The number of nitrogens with one attached hydrogen (secondary N) is 1. The third kappa shape index (κ3) is 3.02. The fraction of sp³-hybridized carbons (Fsp3) is 0.409. The molecule has 0 radical (unpaired) electrons. The van der Waals surface area contributed by atoms with E-state index < -0.39 is 0 Å². The van der Waals surface area contributed by atoms with Crippen LogP contribution in [0, 0.1) is 13.8 Å². The average Bonchev–Trinajstić information content (AvgIpc) is 2.97. The van der Waals surface area contributed by atoms with Gasteiger partial charge in [-0.15, -0.1) is 0 Å². The smallest absolute Gasteiger partial charge is 0.161 e. The van der Waals surface area contributed by atoms with Crippen LogP contribution in [0.4, 0.5) is 5.69 Å². The summed E-state index contributed by atoms with van der Waals surface area (Å²) in [7, 11) is 1.71. The van der Waals surface area contributed by atoms with Crippen molar-refractivity contribution in [1.29, 1.82) is 0 Å². The molecule has 3 aromatic rings. The van der Waals surface area contributed by atoms with Crippen LogP contribution in [0.2, 0.25) is 0 Å². The third-order valence-electron chi connectivity index (χ3n) is 5.58. The van der Waals surface area contributed by atoms with Crippen LogP contribution >= 0.6 is 0 Å². The van der Waals surface area contributed by atoms with E-state index in [9.17, 15) is 5.11 Å². The summed E-state index contributed by atoms with van der Waals surface area (Å²) in [5.74, 6) is 0.290. The summed E-state index contributed by atoms with van der Waals surface area (Å²) in [4.78, 5) is 4.81. The lowest BCUT2D eigenvalue weighted by molar-refractivity contribution is 0.0476. The van der Waals surface area contributed by atoms with Gasteiger partial charge in [-0.05, 0) is 26.8 Å². The van der Waals surface area contributed by atoms with Crippen molar-refractivity contribution < 1.29 is 14.6 Å². The Morgan fingerprint density at radius 3 is 2.79 bits per heavy atom. The van der Waals surface area contributed by atoms with Gasteiger partial charge in [-0.2, -0.15) is 0 Å². The molecule has 3 heterocycles. The molecule has 6 heteroatoms. The highest BCUT2D eigenvalue weighted by Crippen LogP contribution is 2.46. The summed E-state index contributed by atoms with van der Waals surface area (Å²) in [5, 5.41) is 14.1. The summed E-state index contributed by atoms with van der Waals surface area (Å²) < 4.78 is 13.8. The Balaban J connectivity index is 1.93. The summed E-state index contributed by atoms with van der Waals surface area (Å²) in [6, 6.07) is 7.40. The second-order valence-electron chi connectivity index (χ2n) is 7.29. The van der Waals surface area contributed by atoms with Gasteiger partial charge in [0.25, 0.3) is 0 Å². The number of pyridine rings is 1. The number of aromatic nitrogens is 2. The number of hydrogen-bond donors (Lipinski definition) is 2. The number of phenolic OH excluding ortho intramolecular Hbond substituents is 1. The van der Waals surface area contributed by atoms with Crippen LogP contribution in [-0.2, 0) is 16.1 Å². The van der Waals surface area contributed by atoms with Crippen LogP contribution < -0.4 is 5.32 Å². The first-order valence-corrected chi connectivity index (χ1v) is 9.71. The zero-order valence-electron chi connectivity index (χ0n) is 16.8. The highest BCUT2D eigenvalue weighted by atomic mass is 16.5.